The van der Waals surface area contributed by atoms with Crippen LogP contribution in [-0.4, -0.2) is 36.1 Å². The number of Topliss-reactive ketones (excluding diaryl/α,β-unsaturated/α-hetero) is 1. The second-order valence-electron chi connectivity index (χ2n) is 5.18. The lowest BCUT2D eigenvalue weighted by Crippen LogP contribution is -2.38. The molecule has 0 radical (unpaired) electrons. The van der Waals surface area contributed by atoms with Crippen LogP contribution in [0.4, 0.5) is 5.82 Å². The molecule has 0 saturated heterocycles. The van der Waals surface area contributed by atoms with E-state index >= 15 is 0 Å². The van der Waals surface area contributed by atoms with Gasteiger partial charge in [0.25, 0.3) is 0 Å². The predicted molar refractivity (Wildman–Crippen MR) is 77.6 cm³/mol. The third kappa shape index (κ3) is 3.77. The smallest absolute Gasteiger partial charge is 0.161 e. The molecule has 1 aromatic heterocycles. The minimum absolute atomic E-state index is 0.0218. The van der Waals surface area contributed by atoms with E-state index in [1.165, 1.54) is 6.92 Å². The van der Waals surface area contributed by atoms with Crippen molar-refractivity contribution < 1.29 is 9.90 Å². The molecule has 0 unspecified atom stereocenters. The van der Waals surface area contributed by atoms with Crippen LogP contribution in [0.1, 0.15) is 44.0 Å². The van der Waals surface area contributed by atoms with E-state index in [4.69, 9.17) is 0 Å². The van der Waals surface area contributed by atoms with E-state index in [2.05, 4.69) is 18.8 Å². The Labute approximate surface area is 115 Å². The van der Waals surface area contributed by atoms with Gasteiger partial charge in [-0.3, -0.25) is 4.79 Å². The maximum atomic E-state index is 11.2. The molecule has 0 aromatic carbocycles. The first-order chi connectivity index (χ1) is 8.98. The van der Waals surface area contributed by atoms with E-state index in [1.54, 1.807) is 12.3 Å². The van der Waals surface area contributed by atoms with Crippen molar-refractivity contribution in [3.05, 3.63) is 23.9 Å². The molecule has 0 atom stereocenters. The number of carbonyl (C=O) groups is 1. The number of hydrogen-bond donors (Lipinski definition) is 1. The van der Waals surface area contributed by atoms with Crippen LogP contribution in [0.2, 0.25) is 0 Å². The molecule has 19 heavy (non-hydrogen) atoms. The topological polar surface area (TPSA) is 53.4 Å². The van der Waals surface area contributed by atoms with Gasteiger partial charge in [0.1, 0.15) is 5.82 Å². The van der Waals surface area contributed by atoms with Crippen molar-refractivity contribution >= 4 is 11.6 Å². The molecule has 0 aliphatic heterocycles. The molecule has 0 aliphatic carbocycles. The zero-order valence-corrected chi connectivity index (χ0v) is 12.3. The molecule has 0 aliphatic rings. The van der Waals surface area contributed by atoms with Gasteiger partial charge in [-0.25, -0.2) is 4.98 Å². The van der Waals surface area contributed by atoms with E-state index in [9.17, 15) is 9.90 Å². The van der Waals surface area contributed by atoms with Crippen LogP contribution in [-0.2, 0) is 0 Å². The number of aliphatic hydroxyl groups excluding tert-OH is 1. The summed E-state index contributed by atoms with van der Waals surface area (Å²) in [4.78, 5) is 17.6. The summed E-state index contributed by atoms with van der Waals surface area (Å²) >= 11 is 0. The first-order valence-corrected chi connectivity index (χ1v) is 6.77. The van der Waals surface area contributed by atoms with E-state index in [0.29, 0.717) is 5.56 Å². The molecule has 1 N–H and O–H groups in total. The van der Waals surface area contributed by atoms with Crippen molar-refractivity contribution in [3.8, 4) is 0 Å². The SMILES string of the molecule is CCC(CC)(CO)CN(C)c1ccc(C(C)=O)cn1. The van der Waals surface area contributed by atoms with Crippen LogP contribution >= 0.6 is 0 Å². The summed E-state index contributed by atoms with van der Waals surface area (Å²) < 4.78 is 0. The highest BCUT2D eigenvalue weighted by Gasteiger charge is 2.27. The molecule has 4 heteroatoms. The Morgan fingerprint density at radius 1 is 1.37 bits per heavy atom. The molecule has 0 fully saturated rings. The van der Waals surface area contributed by atoms with Gasteiger partial charge in [0.15, 0.2) is 5.78 Å². The quantitative estimate of drug-likeness (QED) is 0.769. The van der Waals surface area contributed by atoms with E-state index in [1.807, 2.05) is 18.0 Å². The van der Waals surface area contributed by atoms with Gasteiger partial charge in [0.05, 0.1) is 6.61 Å². The second kappa shape index (κ2) is 6.66. The summed E-state index contributed by atoms with van der Waals surface area (Å²) in [5.41, 5.74) is 0.534. The lowest BCUT2D eigenvalue weighted by molar-refractivity contribution is 0.101. The molecule has 1 aromatic rings. The van der Waals surface area contributed by atoms with Gasteiger partial charge in [0, 0.05) is 30.8 Å². The minimum Gasteiger partial charge on any atom is -0.396 e. The second-order valence-corrected chi connectivity index (χ2v) is 5.18. The van der Waals surface area contributed by atoms with Crippen LogP contribution in [0.25, 0.3) is 0 Å². The Morgan fingerprint density at radius 2 is 2.00 bits per heavy atom. The third-order valence-corrected chi connectivity index (χ3v) is 3.95. The van der Waals surface area contributed by atoms with E-state index in [0.717, 1.165) is 25.2 Å². The average molecular weight is 264 g/mol. The van der Waals surface area contributed by atoms with Gasteiger partial charge < -0.3 is 10.0 Å². The Hall–Kier alpha value is -1.42. The molecular weight excluding hydrogens is 240 g/mol. The van der Waals surface area contributed by atoms with Gasteiger partial charge >= 0.3 is 0 Å². The lowest BCUT2D eigenvalue weighted by atomic mass is 9.83. The fourth-order valence-electron chi connectivity index (χ4n) is 2.15. The van der Waals surface area contributed by atoms with Gasteiger partial charge in [-0.05, 0) is 31.9 Å². The van der Waals surface area contributed by atoms with Crippen LogP contribution in [0.15, 0.2) is 18.3 Å². The molecular formula is C15H24N2O2. The molecule has 4 nitrogen and oxygen atoms in total. The zero-order chi connectivity index (χ0) is 14.5. The molecule has 0 amide bonds. The minimum atomic E-state index is -0.0876. The highest BCUT2D eigenvalue weighted by Crippen LogP contribution is 2.28. The Bertz CT molecular complexity index is 402. The summed E-state index contributed by atoms with van der Waals surface area (Å²) in [5.74, 6) is 0.846. The van der Waals surface area contributed by atoms with Gasteiger partial charge in [-0.1, -0.05) is 13.8 Å². The summed E-state index contributed by atoms with van der Waals surface area (Å²) in [6.07, 6.45) is 3.46. The molecule has 0 saturated carbocycles. The van der Waals surface area contributed by atoms with Gasteiger partial charge in [-0.2, -0.15) is 0 Å². The number of carbonyl (C=O) groups excluding carboxylic acids is 1. The first kappa shape index (κ1) is 15.6. The molecule has 0 bridgehead atoms. The maximum absolute atomic E-state index is 11.2. The Morgan fingerprint density at radius 3 is 2.37 bits per heavy atom. The molecule has 0 spiro atoms. The fraction of sp³-hybridized carbons (Fsp3) is 0.600. The van der Waals surface area contributed by atoms with Gasteiger partial charge in [-0.15, -0.1) is 0 Å². The fourth-order valence-corrected chi connectivity index (χ4v) is 2.15. The number of hydrogen-bond acceptors (Lipinski definition) is 4. The number of pyridine rings is 1. The van der Waals surface area contributed by atoms with Crippen molar-refractivity contribution in [3.63, 3.8) is 0 Å². The number of aliphatic hydroxyl groups is 1. The van der Waals surface area contributed by atoms with E-state index < -0.39 is 0 Å². The van der Waals surface area contributed by atoms with Crippen LogP contribution in [0.5, 0.6) is 0 Å². The van der Waals surface area contributed by atoms with E-state index in [-0.39, 0.29) is 17.8 Å². The molecule has 1 heterocycles. The number of rotatable bonds is 7. The largest absolute Gasteiger partial charge is 0.396 e. The maximum Gasteiger partial charge on any atom is 0.161 e. The van der Waals surface area contributed by atoms with Crippen molar-refractivity contribution in [1.29, 1.82) is 0 Å². The summed E-state index contributed by atoms with van der Waals surface area (Å²) in [7, 11) is 1.96. The molecule has 106 valence electrons. The van der Waals surface area contributed by atoms with Crippen LogP contribution < -0.4 is 4.90 Å². The van der Waals surface area contributed by atoms with Crippen molar-refractivity contribution in [1.82, 2.24) is 4.98 Å². The van der Waals surface area contributed by atoms with Crippen LogP contribution in [0.3, 0.4) is 0 Å². The lowest BCUT2D eigenvalue weighted by Gasteiger charge is -2.34. The number of ketones is 1. The predicted octanol–water partition coefficient (Wildman–Crippen LogP) is 2.52. The highest BCUT2D eigenvalue weighted by molar-refractivity contribution is 5.93. The average Bonchev–Trinajstić information content (AvgIpc) is 2.45. The Kier molecular flexibility index (Phi) is 5.48. The number of aromatic nitrogens is 1. The Balaban J connectivity index is 2.82. The standard InChI is InChI=1S/C15H24N2O2/c1-5-15(6-2,11-18)10-17(4)14-8-7-13(9-16-14)12(3)19/h7-9,18H,5-6,10-11H2,1-4H3. The summed E-state index contributed by atoms with van der Waals surface area (Å²) in [6.45, 7) is 6.66. The highest BCUT2D eigenvalue weighted by atomic mass is 16.3. The zero-order valence-electron chi connectivity index (χ0n) is 12.3. The van der Waals surface area contributed by atoms with Crippen molar-refractivity contribution in [2.75, 3.05) is 25.1 Å². The normalized spacial score (nSPS) is 11.4. The number of nitrogens with zero attached hydrogens (tertiary/aromatic N) is 2. The van der Waals surface area contributed by atoms with Crippen molar-refractivity contribution in [2.24, 2.45) is 5.41 Å². The molecule has 1 rings (SSSR count). The first-order valence-electron chi connectivity index (χ1n) is 6.77. The van der Waals surface area contributed by atoms with Gasteiger partial charge in [0.2, 0.25) is 0 Å². The number of anilines is 1. The summed E-state index contributed by atoms with van der Waals surface area (Å²) in [6, 6.07) is 3.64. The monoisotopic (exact) mass is 264 g/mol. The van der Waals surface area contributed by atoms with Crippen molar-refractivity contribution in [2.45, 2.75) is 33.6 Å². The summed E-state index contributed by atoms with van der Waals surface area (Å²) in [5, 5.41) is 9.60. The van der Waals surface area contributed by atoms with Crippen LogP contribution in [0, 0.1) is 5.41 Å². The third-order valence-electron chi connectivity index (χ3n) is 3.95.